The number of aryl methyl sites for hydroxylation is 2. The second kappa shape index (κ2) is 6.86. The van der Waals surface area contributed by atoms with Gasteiger partial charge in [-0.1, -0.05) is 6.92 Å². The molecular formula is C11H21N3O3S. The van der Waals surface area contributed by atoms with E-state index in [1.165, 1.54) is 0 Å². The molecule has 0 aliphatic heterocycles. The Kier molecular flexibility index (Phi) is 5.77. The fraction of sp³-hybridized carbons (Fsp3) is 0.727. The van der Waals surface area contributed by atoms with Crippen molar-refractivity contribution in [2.75, 3.05) is 18.8 Å². The van der Waals surface area contributed by atoms with Crippen molar-refractivity contribution in [1.82, 2.24) is 15.0 Å². The third-order valence-corrected chi connectivity index (χ3v) is 3.82. The molecule has 0 atom stereocenters. The van der Waals surface area contributed by atoms with Gasteiger partial charge >= 0.3 is 0 Å². The SMILES string of the molecule is CCCNCCS(=O)(=O)NCc1nc(C)c(C)o1. The van der Waals surface area contributed by atoms with Crippen LogP contribution in [0.4, 0.5) is 0 Å². The van der Waals surface area contributed by atoms with Crippen molar-refractivity contribution in [3.05, 3.63) is 17.3 Å². The molecule has 0 aromatic carbocycles. The molecule has 0 aliphatic rings. The number of nitrogens with zero attached hydrogens (tertiary/aromatic N) is 1. The Balaban J connectivity index is 2.37. The van der Waals surface area contributed by atoms with Gasteiger partial charge in [-0.05, 0) is 26.8 Å². The van der Waals surface area contributed by atoms with E-state index in [9.17, 15) is 8.42 Å². The zero-order valence-corrected chi connectivity index (χ0v) is 11.9. The molecule has 0 saturated carbocycles. The number of aromatic nitrogens is 1. The van der Waals surface area contributed by atoms with Gasteiger partial charge in [-0.3, -0.25) is 0 Å². The lowest BCUT2D eigenvalue weighted by molar-refractivity contribution is 0.463. The maximum Gasteiger partial charge on any atom is 0.213 e. The average molecular weight is 275 g/mol. The average Bonchev–Trinajstić information content (AvgIpc) is 2.62. The molecule has 7 heteroatoms. The third-order valence-electron chi connectivity index (χ3n) is 2.49. The highest BCUT2D eigenvalue weighted by Gasteiger charge is 2.12. The zero-order valence-electron chi connectivity index (χ0n) is 11.1. The molecule has 0 amide bonds. The summed E-state index contributed by atoms with van der Waals surface area (Å²) in [4.78, 5) is 4.11. The fourth-order valence-electron chi connectivity index (χ4n) is 1.37. The van der Waals surface area contributed by atoms with Gasteiger partial charge in [0.25, 0.3) is 0 Å². The third kappa shape index (κ3) is 5.16. The highest BCUT2D eigenvalue weighted by Crippen LogP contribution is 2.07. The van der Waals surface area contributed by atoms with E-state index in [1.54, 1.807) is 6.92 Å². The first-order chi connectivity index (χ1) is 8.44. The quantitative estimate of drug-likeness (QED) is 0.683. The Bertz CT molecular complexity index is 448. The van der Waals surface area contributed by atoms with Crippen LogP contribution in [-0.2, 0) is 16.6 Å². The van der Waals surface area contributed by atoms with Crippen molar-refractivity contribution in [3.63, 3.8) is 0 Å². The van der Waals surface area contributed by atoms with Gasteiger partial charge in [0.1, 0.15) is 5.76 Å². The van der Waals surface area contributed by atoms with Crippen LogP contribution in [0.2, 0.25) is 0 Å². The summed E-state index contributed by atoms with van der Waals surface area (Å²) >= 11 is 0. The van der Waals surface area contributed by atoms with Crippen molar-refractivity contribution in [3.8, 4) is 0 Å². The molecule has 18 heavy (non-hydrogen) atoms. The minimum Gasteiger partial charge on any atom is -0.444 e. The minimum absolute atomic E-state index is 0.0612. The molecule has 2 N–H and O–H groups in total. The Morgan fingerprint density at radius 2 is 2.00 bits per heavy atom. The number of rotatable bonds is 8. The highest BCUT2D eigenvalue weighted by atomic mass is 32.2. The number of oxazole rings is 1. The van der Waals surface area contributed by atoms with E-state index in [2.05, 4.69) is 15.0 Å². The van der Waals surface area contributed by atoms with Gasteiger partial charge in [-0.15, -0.1) is 0 Å². The lowest BCUT2D eigenvalue weighted by Gasteiger charge is -2.05. The molecule has 1 heterocycles. The number of sulfonamides is 1. The highest BCUT2D eigenvalue weighted by molar-refractivity contribution is 7.89. The lowest BCUT2D eigenvalue weighted by Crippen LogP contribution is -2.32. The van der Waals surface area contributed by atoms with E-state index in [1.807, 2.05) is 13.8 Å². The summed E-state index contributed by atoms with van der Waals surface area (Å²) in [5.74, 6) is 1.18. The Hall–Kier alpha value is -0.920. The van der Waals surface area contributed by atoms with E-state index in [0.29, 0.717) is 18.2 Å². The van der Waals surface area contributed by atoms with Crippen LogP contribution < -0.4 is 10.0 Å². The largest absolute Gasteiger partial charge is 0.444 e. The Morgan fingerprint density at radius 1 is 1.28 bits per heavy atom. The molecule has 1 aromatic rings. The Labute approximate surface area is 108 Å². The smallest absolute Gasteiger partial charge is 0.213 e. The zero-order chi connectivity index (χ0) is 13.6. The van der Waals surface area contributed by atoms with Gasteiger partial charge in [-0.25, -0.2) is 18.1 Å². The van der Waals surface area contributed by atoms with Crippen molar-refractivity contribution in [2.24, 2.45) is 0 Å². The summed E-state index contributed by atoms with van der Waals surface area (Å²) in [5, 5.41) is 3.04. The van der Waals surface area contributed by atoms with Gasteiger partial charge in [-0.2, -0.15) is 0 Å². The van der Waals surface area contributed by atoms with Gasteiger partial charge in [0.05, 0.1) is 18.0 Å². The molecule has 0 radical (unpaired) electrons. The molecule has 6 nitrogen and oxygen atoms in total. The molecule has 1 rings (SSSR count). The summed E-state index contributed by atoms with van der Waals surface area (Å²) in [7, 11) is -3.28. The molecule has 1 aromatic heterocycles. The van der Waals surface area contributed by atoms with E-state index < -0.39 is 10.0 Å². The van der Waals surface area contributed by atoms with E-state index >= 15 is 0 Å². The summed E-state index contributed by atoms with van der Waals surface area (Å²) in [6.45, 7) is 7.04. The first-order valence-corrected chi connectivity index (χ1v) is 7.71. The number of hydrogen-bond acceptors (Lipinski definition) is 5. The molecule has 0 unspecified atom stereocenters. The molecule has 104 valence electrons. The van der Waals surface area contributed by atoms with Gasteiger partial charge < -0.3 is 9.73 Å². The normalized spacial score (nSPS) is 11.9. The van der Waals surface area contributed by atoms with E-state index in [4.69, 9.17) is 4.42 Å². The van der Waals surface area contributed by atoms with Gasteiger partial charge in [0.2, 0.25) is 15.9 Å². The first kappa shape index (κ1) is 15.1. The van der Waals surface area contributed by atoms with Crippen LogP contribution in [0.1, 0.15) is 30.7 Å². The van der Waals surface area contributed by atoms with Crippen LogP contribution in [-0.4, -0.2) is 32.2 Å². The van der Waals surface area contributed by atoms with Crippen molar-refractivity contribution >= 4 is 10.0 Å². The number of hydrogen-bond donors (Lipinski definition) is 2. The summed E-state index contributed by atoms with van der Waals surface area (Å²) < 4.78 is 31.0. The van der Waals surface area contributed by atoms with E-state index in [0.717, 1.165) is 18.7 Å². The second-order valence-electron chi connectivity index (χ2n) is 4.14. The van der Waals surface area contributed by atoms with E-state index in [-0.39, 0.29) is 12.3 Å². The van der Waals surface area contributed by atoms with Crippen LogP contribution in [0.25, 0.3) is 0 Å². The maximum absolute atomic E-state index is 11.6. The first-order valence-electron chi connectivity index (χ1n) is 6.05. The second-order valence-corrected chi connectivity index (χ2v) is 6.07. The van der Waals surface area contributed by atoms with Gasteiger partial charge in [0.15, 0.2) is 0 Å². The summed E-state index contributed by atoms with van der Waals surface area (Å²) in [6.07, 6.45) is 0.988. The van der Waals surface area contributed by atoms with Crippen molar-refractivity contribution in [2.45, 2.75) is 33.7 Å². The predicted octanol–water partition coefficient (Wildman–Crippen LogP) is 0.710. The minimum atomic E-state index is -3.28. The molecule has 0 spiro atoms. The van der Waals surface area contributed by atoms with Crippen LogP contribution in [0.5, 0.6) is 0 Å². The number of nitrogens with one attached hydrogen (secondary N) is 2. The van der Waals surface area contributed by atoms with Crippen LogP contribution in [0, 0.1) is 13.8 Å². The van der Waals surface area contributed by atoms with Crippen LogP contribution in [0.3, 0.4) is 0 Å². The van der Waals surface area contributed by atoms with Crippen molar-refractivity contribution in [1.29, 1.82) is 0 Å². The monoisotopic (exact) mass is 275 g/mol. The summed E-state index contributed by atoms with van der Waals surface area (Å²) in [5.41, 5.74) is 0.786. The molecule has 0 saturated heterocycles. The summed E-state index contributed by atoms with van der Waals surface area (Å²) in [6, 6.07) is 0. The van der Waals surface area contributed by atoms with Crippen molar-refractivity contribution < 1.29 is 12.8 Å². The topological polar surface area (TPSA) is 84.2 Å². The fourth-order valence-corrected chi connectivity index (χ4v) is 2.27. The maximum atomic E-state index is 11.6. The Morgan fingerprint density at radius 3 is 2.56 bits per heavy atom. The standard InChI is InChI=1S/C11H21N3O3S/c1-4-5-12-6-7-18(15,16)13-8-11-14-9(2)10(3)17-11/h12-13H,4-8H2,1-3H3. The lowest BCUT2D eigenvalue weighted by atomic mass is 10.4. The molecule has 0 aliphatic carbocycles. The molecule has 0 bridgehead atoms. The molecular weight excluding hydrogens is 254 g/mol. The molecule has 0 fully saturated rings. The predicted molar refractivity (Wildman–Crippen MR) is 69.8 cm³/mol. The van der Waals surface area contributed by atoms with Gasteiger partial charge in [0, 0.05) is 6.54 Å². The van der Waals surface area contributed by atoms with Crippen LogP contribution in [0.15, 0.2) is 4.42 Å². The van der Waals surface area contributed by atoms with Crippen LogP contribution >= 0.6 is 0 Å².